The van der Waals surface area contributed by atoms with Crippen molar-refractivity contribution in [2.24, 2.45) is 11.8 Å². The first-order valence-electron chi connectivity index (χ1n) is 17.1. The van der Waals surface area contributed by atoms with Crippen LogP contribution >= 0.6 is 35.8 Å². The smallest absolute Gasteiger partial charge is 0.167 e. The van der Waals surface area contributed by atoms with Gasteiger partial charge in [-0.25, -0.2) is 15.9 Å². The second-order valence-corrected chi connectivity index (χ2v) is 14.1. The van der Waals surface area contributed by atoms with Crippen LogP contribution in [-0.4, -0.2) is 51.6 Å². The molecule has 0 amide bonds. The molecule has 10 heteroatoms. The van der Waals surface area contributed by atoms with E-state index in [-0.39, 0.29) is 16.5 Å². The van der Waals surface area contributed by atoms with Crippen molar-refractivity contribution in [2.75, 3.05) is 26.3 Å². The molecule has 0 aliphatic carbocycles. The van der Waals surface area contributed by atoms with Crippen molar-refractivity contribution in [3.63, 3.8) is 0 Å². The third kappa shape index (κ3) is 26.5. The van der Waals surface area contributed by atoms with E-state index in [1.807, 2.05) is 24.3 Å². The van der Waals surface area contributed by atoms with Crippen LogP contribution in [0, 0.1) is 11.8 Å². The van der Waals surface area contributed by atoms with Gasteiger partial charge >= 0.3 is 0 Å². The van der Waals surface area contributed by atoms with Gasteiger partial charge in [0, 0.05) is 19.5 Å². The highest BCUT2D eigenvalue weighted by Gasteiger charge is 2.22. The van der Waals surface area contributed by atoms with Crippen molar-refractivity contribution in [2.45, 2.75) is 131 Å². The van der Waals surface area contributed by atoms with Crippen LogP contribution in [0.25, 0.3) is 10.2 Å². The number of para-hydroxylation sites is 1. The molecule has 4 N–H and O–H groups in total. The number of thiocarbonyl (C=S) groups is 2. The largest absolute Gasteiger partial charge is 0.502 e. The van der Waals surface area contributed by atoms with E-state index >= 15 is 0 Å². The first-order valence-corrected chi connectivity index (χ1v) is 18.7. The predicted octanol–water partition coefficient (Wildman–Crippen LogP) is 10.6. The summed E-state index contributed by atoms with van der Waals surface area (Å²) in [5, 5.41) is 18.9. The number of hydroxylamine groups is 2. The van der Waals surface area contributed by atoms with Crippen molar-refractivity contribution in [3.8, 4) is 0 Å². The van der Waals surface area contributed by atoms with Crippen LogP contribution in [0.3, 0.4) is 0 Å². The van der Waals surface area contributed by atoms with E-state index < -0.39 is 5.92 Å². The molecule has 0 aliphatic rings. The Kier molecular flexibility index (Phi) is 29.2. The summed E-state index contributed by atoms with van der Waals surface area (Å²) in [6, 6.07) is 7.66. The number of aliphatic hydroxyl groups is 2. The first kappa shape index (κ1) is 43.7. The van der Waals surface area contributed by atoms with E-state index in [1.165, 1.54) is 75.5 Å². The molecule has 0 radical (unpaired) electrons. The second-order valence-electron chi connectivity index (χ2n) is 12.2. The zero-order chi connectivity index (χ0) is 33.7. The van der Waals surface area contributed by atoms with Gasteiger partial charge in [0.25, 0.3) is 0 Å². The van der Waals surface area contributed by atoms with Crippen LogP contribution in [-0.2, 0) is 9.68 Å². The average Bonchev–Trinajstić information content (AvgIpc) is 3.42. The summed E-state index contributed by atoms with van der Waals surface area (Å²) >= 11 is 10.9. The van der Waals surface area contributed by atoms with Gasteiger partial charge in [0.15, 0.2) is 10.1 Å². The van der Waals surface area contributed by atoms with Crippen molar-refractivity contribution in [3.05, 3.63) is 29.3 Å². The molecule has 7 nitrogen and oxygen atoms in total. The molecule has 0 bridgehead atoms. The molecule has 45 heavy (non-hydrogen) atoms. The highest BCUT2D eigenvalue weighted by Crippen LogP contribution is 2.30. The molecule has 0 saturated carbocycles. The number of rotatable bonds is 24. The van der Waals surface area contributed by atoms with Crippen molar-refractivity contribution in [1.29, 1.82) is 0 Å². The summed E-state index contributed by atoms with van der Waals surface area (Å²) < 4.78 is 1.02. The Morgan fingerprint density at radius 2 is 1.27 bits per heavy atom. The Morgan fingerprint density at radius 3 is 1.69 bits per heavy atom. The third-order valence-corrected chi connectivity index (χ3v) is 8.35. The number of benzene rings is 1. The van der Waals surface area contributed by atoms with Gasteiger partial charge in [0.1, 0.15) is 5.01 Å². The van der Waals surface area contributed by atoms with Gasteiger partial charge in [-0.1, -0.05) is 105 Å². The topological polar surface area (TPSA) is 95.9 Å². The average molecular weight is 686 g/mol. The number of nitrogens with zero attached hydrogens (tertiary/aromatic N) is 1. The van der Waals surface area contributed by atoms with Gasteiger partial charge in [-0.3, -0.25) is 0 Å². The van der Waals surface area contributed by atoms with Gasteiger partial charge in [-0.05, 0) is 74.1 Å². The minimum atomic E-state index is -0.500. The molecule has 0 aliphatic heterocycles. The zero-order valence-corrected chi connectivity index (χ0v) is 31.4. The van der Waals surface area contributed by atoms with Gasteiger partial charge in [-0.2, -0.15) is 0 Å². The number of unbranched alkanes of at least 4 members (excludes halogenated alkanes) is 6. The van der Waals surface area contributed by atoms with Crippen LogP contribution in [0.2, 0.25) is 0 Å². The quantitative estimate of drug-likeness (QED) is 0.0489. The molecule has 1 atom stereocenters. The maximum absolute atomic E-state index is 9.47. The summed E-state index contributed by atoms with van der Waals surface area (Å²) in [5.41, 5.74) is 6.75. The molecular formula is C35H63N3O4S3. The molecular weight excluding hydrogens is 623 g/mol. The SMILES string of the molecule is CCCNOCCCCCCC(C)C.CCCNOCCCCCCC(C)C.OC(=S)CC(C(O)=S)c1nc2ccccc2s1. The van der Waals surface area contributed by atoms with Crippen LogP contribution in [0.4, 0.5) is 0 Å². The Labute approximate surface area is 289 Å². The fourth-order valence-corrected chi connectivity index (χ4v) is 5.66. The summed E-state index contributed by atoms with van der Waals surface area (Å²) in [5.74, 6) is 1.22. The molecule has 2 aromatic rings. The Balaban J connectivity index is 0.000000652. The Hall–Kier alpha value is -1.27. The molecule has 0 spiro atoms. The minimum Gasteiger partial charge on any atom is -0.502 e. The lowest BCUT2D eigenvalue weighted by atomic mass is 10.0. The molecule has 0 fully saturated rings. The van der Waals surface area contributed by atoms with E-state index in [0.717, 1.165) is 61.2 Å². The molecule has 1 heterocycles. The third-order valence-electron chi connectivity index (χ3n) is 6.75. The molecule has 2 rings (SSSR count). The monoisotopic (exact) mass is 685 g/mol. The number of hydrogen-bond acceptors (Lipinski definition) is 8. The van der Waals surface area contributed by atoms with Crippen molar-refractivity contribution < 1.29 is 19.9 Å². The Morgan fingerprint density at radius 1 is 0.778 bits per heavy atom. The van der Waals surface area contributed by atoms with E-state index in [1.54, 1.807) is 0 Å². The minimum absolute atomic E-state index is 0.129. The van der Waals surface area contributed by atoms with E-state index in [2.05, 4.69) is 69.7 Å². The van der Waals surface area contributed by atoms with Gasteiger partial charge < -0.3 is 19.9 Å². The summed E-state index contributed by atoms with van der Waals surface area (Å²) in [6.45, 7) is 17.1. The second kappa shape index (κ2) is 30.1. The molecule has 260 valence electrons. The van der Waals surface area contributed by atoms with E-state index in [4.69, 9.17) is 27.0 Å². The van der Waals surface area contributed by atoms with Crippen LogP contribution in [0.5, 0.6) is 0 Å². The number of nitrogens with one attached hydrogen (secondary N) is 2. The predicted molar refractivity (Wildman–Crippen MR) is 202 cm³/mol. The van der Waals surface area contributed by atoms with E-state index in [9.17, 15) is 5.11 Å². The highest BCUT2D eigenvalue weighted by atomic mass is 32.1. The normalized spacial score (nSPS) is 11.6. The number of fused-ring (bicyclic) bond motifs is 1. The van der Waals surface area contributed by atoms with Gasteiger partial charge in [0.05, 0.1) is 29.3 Å². The summed E-state index contributed by atoms with van der Waals surface area (Å²) in [6.07, 6.45) is 15.6. The maximum atomic E-state index is 9.47. The fourth-order valence-electron chi connectivity index (χ4n) is 4.15. The Bertz CT molecular complexity index is 929. The first-order chi connectivity index (χ1) is 21.6. The summed E-state index contributed by atoms with van der Waals surface area (Å²) in [7, 11) is 0. The molecule has 1 unspecified atom stereocenters. The fraction of sp³-hybridized carbons (Fsp3) is 0.743. The van der Waals surface area contributed by atoms with Crippen LogP contribution in [0.1, 0.15) is 136 Å². The lowest BCUT2D eigenvalue weighted by molar-refractivity contribution is 0.0387. The van der Waals surface area contributed by atoms with Gasteiger partial charge in [0.2, 0.25) is 0 Å². The number of aromatic nitrogens is 1. The standard InChI is InChI=1S/2C12H27NO.C11H9NO2S3/c2*1-4-10-13-14-11-8-6-5-7-9-12(2)3;13-9(15)5-6(11(14)16)10-12-7-3-1-2-4-8(7)17-10/h2*12-13H,4-11H2,1-3H3;1-4,6H,5H2,(H,13,15)(H,14,16). The van der Waals surface area contributed by atoms with Crippen molar-refractivity contribution >= 4 is 56.1 Å². The number of thiazole rings is 1. The number of hydrogen-bond donors (Lipinski definition) is 4. The van der Waals surface area contributed by atoms with Crippen LogP contribution in [0.15, 0.2) is 24.3 Å². The molecule has 1 aromatic heterocycles. The lowest BCUT2D eigenvalue weighted by Gasteiger charge is -2.08. The van der Waals surface area contributed by atoms with Crippen molar-refractivity contribution in [1.82, 2.24) is 15.9 Å². The molecule has 1 aromatic carbocycles. The van der Waals surface area contributed by atoms with Gasteiger partial charge in [-0.15, -0.1) is 11.3 Å². The highest BCUT2D eigenvalue weighted by molar-refractivity contribution is 7.80. The number of aliphatic hydroxyl groups excluding tert-OH is 2. The summed E-state index contributed by atoms with van der Waals surface area (Å²) in [4.78, 5) is 14.9. The van der Waals surface area contributed by atoms with Crippen LogP contribution < -0.4 is 11.0 Å². The lowest BCUT2D eigenvalue weighted by Crippen LogP contribution is -2.15. The van der Waals surface area contributed by atoms with E-state index in [0.29, 0.717) is 5.01 Å². The molecule has 0 saturated heterocycles. The zero-order valence-electron chi connectivity index (χ0n) is 28.9. The maximum Gasteiger partial charge on any atom is 0.167 e.